The number of amides is 2. The van der Waals surface area contributed by atoms with Crippen LogP contribution in [0, 0.1) is 11.8 Å². The molecule has 2 heterocycles. The zero-order valence-electron chi connectivity index (χ0n) is 17.1. The van der Waals surface area contributed by atoms with Gasteiger partial charge in [0.1, 0.15) is 18.3 Å². The van der Waals surface area contributed by atoms with Crippen LogP contribution in [0.25, 0.3) is 0 Å². The van der Waals surface area contributed by atoms with E-state index in [1.54, 1.807) is 9.80 Å². The highest BCUT2D eigenvalue weighted by molar-refractivity contribution is 5.80. The predicted molar refractivity (Wildman–Crippen MR) is 96.7 cm³/mol. The first kappa shape index (κ1) is 22.8. The molecule has 0 spiro atoms. The molecule has 2 fully saturated rings. The van der Waals surface area contributed by atoms with Crippen molar-refractivity contribution in [1.82, 2.24) is 9.80 Å². The fraction of sp³-hybridized carbons (Fsp3) is 0.895. The van der Waals surface area contributed by atoms with Crippen LogP contribution >= 0.6 is 0 Å². The largest absolute Gasteiger partial charge is 0.444 e. The number of nitrogens with zero attached hydrogens (tertiary/aromatic N) is 2. The lowest BCUT2D eigenvalue weighted by Crippen LogP contribution is -2.45. The Labute approximate surface area is 164 Å². The maximum Gasteiger partial charge on any atom is 0.411 e. The van der Waals surface area contributed by atoms with Gasteiger partial charge in [0, 0.05) is 26.2 Å². The van der Waals surface area contributed by atoms with E-state index in [-0.39, 0.29) is 6.09 Å². The normalized spacial score (nSPS) is 23.0. The second-order valence-electron chi connectivity index (χ2n) is 8.71. The van der Waals surface area contributed by atoms with Gasteiger partial charge in [0.15, 0.2) is 0 Å². The summed E-state index contributed by atoms with van der Waals surface area (Å²) in [5, 5.41) is 0. The summed E-state index contributed by atoms with van der Waals surface area (Å²) in [6.07, 6.45) is -3.37. The van der Waals surface area contributed by atoms with Gasteiger partial charge in [-0.15, -0.1) is 0 Å². The van der Waals surface area contributed by atoms with Crippen LogP contribution in [0.15, 0.2) is 0 Å². The minimum Gasteiger partial charge on any atom is -0.444 e. The topological polar surface area (TPSA) is 59.1 Å². The minimum absolute atomic E-state index is 0.293. The lowest BCUT2D eigenvalue weighted by atomic mass is 9.83. The number of carbonyl (C=O) groups excluding carboxylic acids is 2. The molecule has 6 nitrogen and oxygen atoms in total. The van der Waals surface area contributed by atoms with E-state index in [0.717, 1.165) is 19.3 Å². The highest BCUT2D eigenvalue weighted by atomic mass is 19.4. The van der Waals surface area contributed by atoms with E-state index in [4.69, 9.17) is 4.74 Å². The van der Waals surface area contributed by atoms with Crippen LogP contribution in [-0.2, 0) is 14.3 Å². The van der Waals surface area contributed by atoms with Crippen molar-refractivity contribution >= 4 is 12.0 Å². The Morgan fingerprint density at radius 2 is 1.54 bits per heavy atom. The van der Waals surface area contributed by atoms with Crippen LogP contribution in [0.2, 0.25) is 0 Å². The number of rotatable bonds is 4. The summed E-state index contributed by atoms with van der Waals surface area (Å²) >= 11 is 0. The third kappa shape index (κ3) is 6.83. The predicted octanol–water partition coefficient (Wildman–Crippen LogP) is 3.45. The molecule has 0 aromatic rings. The molecule has 0 aromatic carbocycles. The molecule has 28 heavy (non-hydrogen) atoms. The van der Waals surface area contributed by atoms with Crippen LogP contribution in [0.3, 0.4) is 0 Å². The smallest absolute Gasteiger partial charge is 0.411 e. The van der Waals surface area contributed by atoms with Gasteiger partial charge in [0.2, 0.25) is 0 Å². The molecule has 2 rings (SSSR count). The molecule has 0 N–H and O–H groups in total. The molecule has 162 valence electrons. The van der Waals surface area contributed by atoms with E-state index in [2.05, 4.69) is 4.74 Å². The van der Waals surface area contributed by atoms with Crippen LogP contribution in [0.1, 0.15) is 47.0 Å². The summed E-state index contributed by atoms with van der Waals surface area (Å²) in [6, 6.07) is 0. The Morgan fingerprint density at radius 3 is 2.07 bits per heavy atom. The number of alkyl halides is 3. The molecule has 0 aliphatic carbocycles. The summed E-state index contributed by atoms with van der Waals surface area (Å²) in [4.78, 5) is 27.8. The van der Waals surface area contributed by atoms with Gasteiger partial charge in [0.05, 0.1) is 0 Å². The molecule has 2 saturated heterocycles. The molecule has 0 aromatic heterocycles. The minimum atomic E-state index is -4.44. The fourth-order valence-corrected chi connectivity index (χ4v) is 3.80. The van der Waals surface area contributed by atoms with E-state index in [1.807, 2.05) is 20.8 Å². The number of carbonyl (C=O) groups is 2. The standard InChI is InChI=1S/C19H31F3N2O4/c1-13(27-12-19(20,21)22)16(25)23-8-5-14(6-9-23)15-7-10-24(11-15)17(26)28-18(2,3)4/h13-15H,5-12H2,1-4H3/t13-,15-/m0/s1. The first-order chi connectivity index (χ1) is 12.9. The highest BCUT2D eigenvalue weighted by Crippen LogP contribution is 2.32. The van der Waals surface area contributed by atoms with E-state index < -0.39 is 30.4 Å². The van der Waals surface area contributed by atoms with Crippen molar-refractivity contribution in [2.24, 2.45) is 11.8 Å². The molecule has 0 saturated carbocycles. The van der Waals surface area contributed by atoms with Crippen molar-refractivity contribution in [3.8, 4) is 0 Å². The molecule has 9 heteroatoms. The van der Waals surface area contributed by atoms with E-state index in [1.165, 1.54) is 6.92 Å². The van der Waals surface area contributed by atoms with E-state index in [0.29, 0.717) is 38.0 Å². The van der Waals surface area contributed by atoms with Crippen molar-refractivity contribution in [3.05, 3.63) is 0 Å². The molecule has 0 unspecified atom stereocenters. The number of likely N-dealkylation sites (tertiary alicyclic amines) is 2. The second-order valence-corrected chi connectivity index (χ2v) is 8.71. The van der Waals surface area contributed by atoms with Crippen molar-refractivity contribution in [3.63, 3.8) is 0 Å². The van der Waals surface area contributed by atoms with Crippen molar-refractivity contribution in [2.45, 2.75) is 64.8 Å². The zero-order valence-corrected chi connectivity index (χ0v) is 17.1. The van der Waals surface area contributed by atoms with E-state index in [9.17, 15) is 22.8 Å². The van der Waals surface area contributed by atoms with Gasteiger partial charge in [-0.05, 0) is 58.8 Å². The lowest BCUT2D eigenvalue weighted by Gasteiger charge is -2.36. The average Bonchev–Trinajstić information content (AvgIpc) is 3.07. The summed E-state index contributed by atoms with van der Waals surface area (Å²) in [5.74, 6) is 0.357. The van der Waals surface area contributed by atoms with Gasteiger partial charge in [-0.3, -0.25) is 4.79 Å². The second kappa shape index (κ2) is 8.88. The summed E-state index contributed by atoms with van der Waals surface area (Å²) in [6.45, 7) is 7.78. The molecule has 2 atom stereocenters. The van der Waals surface area contributed by atoms with Crippen LogP contribution in [0.4, 0.5) is 18.0 Å². The van der Waals surface area contributed by atoms with Gasteiger partial charge in [0.25, 0.3) is 5.91 Å². The molecule has 0 radical (unpaired) electrons. The molecular weight excluding hydrogens is 377 g/mol. The first-order valence-corrected chi connectivity index (χ1v) is 9.81. The number of piperidine rings is 1. The van der Waals surface area contributed by atoms with E-state index >= 15 is 0 Å². The number of hydrogen-bond acceptors (Lipinski definition) is 4. The van der Waals surface area contributed by atoms with Crippen molar-refractivity contribution in [1.29, 1.82) is 0 Å². The summed E-state index contributed by atoms with van der Waals surface area (Å²) in [5.41, 5.74) is -0.522. The Kier molecular flexibility index (Phi) is 7.22. The number of ether oxygens (including phenoxy) is 2. The summed E-state index contributed by atoms with van der Waals surface area (Å²) < 4.78 is 46.8. The number of hydrogen-bond donors (Lipinski definition) is 0. The number of halogens is 3. The van der Waals surface area contributed by atoms with Crippen molar-refractivity contribution < 1.29 is 32.2 Å². The quantitative estimate of drug-likeness (QED) is 0.715. The highest BCUT2D eigenvalue weighted by Gasteiger charge is 2.37. The van der Waals surface area contributed by atoms with Crippen LogP contribution in [-0.4, -0.2) is 72.5 Å². The van der Waals surface area contributed by atoms with Crippen LogP contribution < -0.4 is 0 Å². The maximum atomic E-state index is 12.3. The third-order valence-corrected chi connectivity index (χ3v) is 5.24. The maximum absolute atomic E-state index is 12.3. The Bertz CT molecular complexity index is 554. The molecule has 2 aliphatic rings. The Hall–Kier alpha value is -1.51. The molecule has 2 aliphatic heterocycles. The SMILES string of the molecule is C[C@H](OCC(F)(F)F)C(=O)N1CCC([C@H]2CCN(C(=O)OC(C)(C)C)C2)CC1. The van der Waals surface area contributed by atoms with Gasteiger partial charge >= 0.3 is 12.3 Å². The lowest BCUT2D eigenvalue weighted by molar-refractivity contribution is -0.188. The van der Waals surface area contributed by atoms with Gasteiger partial charge < -0.3 is 19.3 Å². The van der Waals surface area contributed by atoms with Crippen LogP contribution in [0.5, 0.6) is 0 Å². The molecule has 0 bridgehead atoms. The van der Waals surface area contributed by atoms with Crippen molar-refractivity contribution in [2.75, 3.05) is 32.8 Å². The molecular formula is C19H31F3N2O4. The summed E-state index contributed by atoms with van der Waals surface area (Å²) in [7, 11) is 0. The Balaban J connectivity index is 1.76. The molecule has 2 amide bonds. The van der Waals surface area contributed by atoms with Gasteiger partial charge in [-0.2, -0.15) is 13.2 Å². The van der Waals surface area contributed by atoms with Gasteiger partial charge in [-0.1, -0.05) is 0 Å². The third-order valence-electron chi connectivity index (χ3n) is 5.24. The zero-order chi connectivity index (χ0) is 21.1. The first-order valence-electron chi connectivity index (χ1n) is 9.81. The monoisotopic (exact) mass is 408 g/mol. The average molecular weight is 408 g/mol. The Morgan fingerprint density at radius 1 is 1.00 bits per heavy atom. The van der Waals surface area contributed by atoms with Gasteiger partial charge in [-0.25, -0.2) is 4.79 Å². The fourth-order valence-electron chi connectivity index (χ4n) is 3.80.